The molecule has 0 radical (unpaired) electrons. The van der Waals surface area contributed by atoms with Crippen LogP contribution < -0.4 is 5.43 Å². The quantitative estimate of drug-likeness (QED) is 0.883. The Balaban J connectivity index is 2.95. The van der Waals surface area contributed by atoms with Crippen molar-refractivity contribution in [3.05, 3.63) is 45.5 Å². The lowest BCUT2D eigenvalue weighted by atomic mass is 10.1. The number of hydrogen-bond acceptors (Lipinski definition) is 2. The van der Waals surface area contributed by atoms with E-state index in [1.54, 1.807) is 0 Å². The largest absolute Gasteiger partial charge is 0.477 e. The summed E-state index contributed by atoms with van der Waals surface area (Å²) >= 11 is 0. The third-order valence-corrected chi connectivity index (χ3v) is 3.18. The number of halogens is 3. The molecule has 0 aliphatic heterocycles. The van der Waals surface area contributed by atoms with Crippen molar-refractivity contribution in [2.24, 2.45) is 0 Å². The second kappa shape index (κ2) is 5.59. The number of benzene rings is 1. The number of aromatic nitrogens is 1. The van der Waals surface area contributed by atoms with Crippen molar-refractivity contribution in [1.82, 2.24) is 4.57 Å². The van der Waals surface area contributed by atoms with E-state index in [1.807, 2.05) is 6.92 Å². The maximum absolute atomic E-state index is 14.0. The maximum Gasteiger partial charge on any atom is 0.352 e. The highest BCUT2D eigenvalue weighted by Crippen LogP contribution is 2.23. The van der Waals surface area contributed by atoms with Gasteiger partial charge in [0.2, 0.25) is 0 Å². The fourth-order valence-electron chi connectivity index (χ4n) is 2.16. The van der Waals surface area contributed by atoms with Crippen LogP contribution in [-0.2, 0) is 6.54 Å². The number of fused-ring (bicyclic) bond motifs is 1. The van der Waals surface area contributed by atoms with Crippen LogP contribution in [0.5, 0.6) is 0 Å². The Hall–Kier alpha value is -2.31. The Morgan fingerprint density at radius 1 is 1.24 bits per heavy atom. The molecule has 1 heterocycles. The van der Waals surface area contributed by atoms with E-state index in [4.69, 9.17) is 5.11 Å². The number of unbranched alkanes of at least 4 members (excludes halogenated alkanes) is 1. The second-order valence-corrected chi connectivity index (χ2v) is 4.59. The average Bonchev–Trinajstić information content (AvgIpc) is 2.44. The van der Waals surface area contributed by atoms with E-state index in [0.717, 1.165) is 10.6 Å². The van der Waals surface area contributed by atoms with Gasteiger partial charge in [-0.3, -0.25) is 4.79 Å². The third-order valence-electron chi connectivity index (χ3n) is 3.18. The molecule has 0 atom stereocenters. The molecule has 112 valence electrons. The first-order valence-corrected chi connectivity index (χ1v) is 6.32. The first kappa shape index (κ1) is 15.1. The summed E-state index contributed by atoms with van der Waals surface area (Å²) < 4.78 is 41.7. The van der Waals surface area contributed by atoms with Gasteiger partial charge in [-0.2, -0.15) is 0 Å². The summed E-state index contributed by atoms with van der Waals surface area (Å²) in [7, 11) is 0. The van der Waals surface area contributed by atoms with Crippen LogP contribution in [0.4, 0.5) is 13.2 Å². The smallest absolute Gasteiger partial charge is 0.352 e. The zero-order valence-electron chi connectivity index (χ0n) is 11.1. The molecule has 4 nitrogen and oxygen atoms in total. The van der Waals surface area contributed by atoms with Crippen molar-refractivity contribution in [3.63, 3.8) is 0 Å². The molecule has 0 unspecified atom stereocenters. The third kappa shape index (κ3) is 2.51. The van der Waals surface area contributed by atoms with Crippen molar-refractivity contribution >= 4 is 16.9 Å². The Labute approximate surface area is 117 Å². The normalized spacial score (nSPS) is 11.0. The van der Waals surface area contributed by atoms with Crippen LogP contribution in [0.2, 0.25) is 0 Å². The summed E-state index contributed by atoms with van der Waals surface area (Å²) in [6.07, 6.45) is 1.18. The van der Waals surface area contributed by atoms with Crippen molar-refractivity contribution in [3.8, 4) is 0 Å². The number of carboxylic acids is 1. The lowest BCUT2D eigenvalue weighted by Crippen LogP contribution is -2.20. The molecule has 2 rings (SSSR count). The summed E-state index contributed by atoms with van der Waals surface area (Å²) in [4.78, 5) is 23.0. The number of hydrogen-bond donors (Lipinski definition) is 1. The molecule has 0 fully saturated rings. The number of nitrogens with zero attached hydrogens (tertiary/aromatic N) is 1. The fourth-order valence-corrected chi connectivity index (χ4v) is 2.16. The topological polar surface area (TPSA) is 59.3 Å². The zero-order chi connectivity index (χ0) is 15.7. The predicted octanol–water partition coefficient (Wildman–Crippen LogP) is 2.92. The SMILES string of the molecule is CCCCn1c(C(=O)O)cc(=O)c2cc(F)c(F)c(F)c21. The lowest BCUT2D eigenvalue weighted by Gasteiger charge is -2.15. The molecule has 1 aromatic heterocycles. The van der Waals surface area contributed by atoms with Crippen LogP contribution in [0.15, 0.2) is 16.9 Å². The molecule has 0 saturated heterocycles. The second-order valence-electron chi connectivity index (χ2n) is 4.59. The molecule has 0 spiro atoms. The Morgan fingerprint density at radius 3 is 2.48 bits per heavy atom. The zero-order valence-corrected chi connectivity index (χ0v) is 11.1. The van der Waals surface area contributed by atoms with E-state index in [9.17, 15) is 22.8 Å². The molecule has 2 aromatic rings. The molecule has 0 saturated carbocycles. The van der Waals surface area contributed by atoms with Crippen molar-refractivity contribution in [1.29, 1.82) is 0 Å². The van der Waals surface area contributed by atoms with Gasteiger partial charge in [-0.05, 0) is 12.5 Å². The summed E-state index contributed by atoms with van der Waals surface area (Å²) in [6.45, 7) is 1.92. The summed E-state index contributed by atoms with van der Waals surface area (Å²) in [6, 6.07) is 1.38. The molecule has 7 heteroatoms. The number of rotatable bonds is 4. The number of carbonyl (C=O) groups is 1. The van der Waals surface area contributed by atoms with Gasteiger partial charge in [0.15, 0.2) is 22.9 Å². The first-order valence-electron chi connectivity index (χ1n) is 6.32. The minimum Gasteiger partial charge on any atom is -0.477 e. The van der Waals surface area contributed by atoms with Gasteiger partial charge in [0.25, 0.3) is 0 Å². The number of pyridine rings is 1. The van der Waals surface area contributed by atoms with Crippen LogP contribution in [-0.4, -0.2) is 15.6 Å². The van der Waals surface area contributed by atoms with Gasteiger partial charge in [-0.1, -0.05) is 13.3 Å². The lowest BCUT2D eigenvalue weighted by molar-refractivity contribution is 0.0684. The van der Waals surface area contributed by atoms with Crippen LogP contribution in [0.25, 0.3) is 10.9 Å². The van der Waals surface area contributed by atoms with Crippen LogP contribution in [0, 0.1) is 17.5 Å². The summed E-state index contributed by atoms with van der Waals surface area (Å²) in [5.74, 6) is -6.20. The Morgan fingerprint density at radius 2 is 1.90 bits per heavy atom. The van der Waals surface area contributed by atoms with Crippen molar-refractivity contribution in [2.45, 2.75) is 26.3 Å². The monoisotopic (exact) mass is 299 g/mol. The van der Waals surface area contributed by atoms with Gasteiger partial charge in [-0.15, -0.1) is 0 Å². The van der Waals surface area contributed by atoms with Gasteiger partial charge in [-0.25, -0.2) is 18.0 Å². The summed E-state index contributed by atoms with van der Waals surface area (Å²) in [5.41, 5.74) is -1.84. The van der Waals surface area contributed by atoms with E-state index in [0.29, 0.717) is 18.9 Å². The summed E-state index contributed by atoms with van der Waals surface area (Å²) in [5, 5.41) is 8.73. The number of carboxylic acid groups (broad SMARTS) is 1. The van der Waals surface area contributed by atoms with Crippen LogP contribution >= 0.6 is 0 Å². The van der Waals surface area contributed by atoms with Gasteiger partial charge < -0.3 is 9.67 Å². The fraction of sp³-hybridized carbons (Fsp3) is 0.286. The number of aryl methyl sites for hydroxylation is 1. The van der Waals surface area contributed by atoms with E-state index in [1.165, 1.54) is 0 Å². The average molecular weight is 299 g/mol. The molecule has 21 heavy (non-hydrogen) atoms. The molecule has 0 bridgehead atoms. The molecular weight excluding hydrogens is 287 g/mol. The Kier molecular flexibility index (Phi) is 4.02. The van der Waals surface area contributed by atoms with Gasteiger partial charge in [0.05, 0.1) is 10.9 Å². The number of aromatic carboxylic acids is 1. The highest BCUT2D eigenvalue weighted by atomic mass is 19.2. The van der Waals surface area contributed by atoms with E-state index in [-0.39, 0.29) is 11.9 Å². The van der Waals surface area contributed by atoms with E-state index >= 15 is 0 Å². The maximum atomic E-state index is 14.0. The van der Waals surface area contributed by atoms with Crippen LogP contribution in [0.1, 0.15) is 30.3 Å². The van der Waals surface area contributed by atoms with E-state index in [2.05, 4.69) is 0 Å². The predicted molar refractivity (Wildman–Crippen MR) is 69.9 cm³/mol. The van der Waals surface area contributed by atoms with E-state index < -0.39 is 40.1 Å². The van der Waals surface area contributed by atoms with Crippen molar-refractivity contribution in [2.75, 3.05) is 0 Å². The van der Waals surface area contributed by atoms with Gasteiger partial charge >= 0.3 is 5.97 Å². The molecule has 0 aliphatic carbocycles. The first-order chi connectivity index (χ1) is 9.88. The highest BCUT2D eigenvalue weighted by Gasteiger charge is 2.21. The Bertz CT molecular complexity index is 783. The molecule has 1 aromatic carbocycles. The molecule has 1 N–H and O–H groups in total. The molecular formula is C14H12F3NO3. The minimum absolute atomic E-state index is 0.0803. The van der Waals surface area contributed by atoms with Crippen molar-refractivity contribution < 1.29 is 23.1 Å². The molecule has 0 amide bonds. The van der Waals surface area contributed by atoms with Gasteiger partial charge in [0.1, 0.15) is 5.69 Å². The highest BCUT2D eigenvalue weighted by molar-refractivity contribution is 5.90. The standard InChI is InChI=1S/C14H12F3NO3/c1-2-3-4-18-9(14(20)21)6-10(19)7-5-8(15)11(16)12(17)13(7)18/h5-6H,2-4H2,1H3,(H,20,21). The molecule has 0 aliphatic rings. The van der Waals surface area contributed by atoms with Gasteiger partial charge in [0, 0.05) is 12.6 Å². The van der Waals surface area contributed by atoms with Crippen LogP contribution in [0.3, 0.4) is 0 Å². The minimum atomic E-state index is -1.73.